The molecule has 3 rings (SSSR count). The van der Waals surface area contributed by atoms with Crippen molar-refractivity contribution < 1.29 is 23.9 Å². The van der Waals surface area contributed by atoms with Crippen LogP contribution in [0.25, 0.3) is 0 Å². The molecule has 0 N–H and O–H groups in total. The standard InChI is InChI=1S/C16H16N2O5/c1-23-16(22)12-7-4-8-17(12)13(19)9-18-14(20)10-5-2-3-6-11(10)15(18)21/h2-3,5-6,12H,4,7-9H2,1H3/t12-/m0/s1. The molecule has 0 spiro atoms. The number of nitrogens with zero attached hydrogens (tertiary/aromatic N) is 2. The van der Waals surface area contributed by atoms with Gasteiger partial charge in [0.2, 0.25) is 5.91 Å². The van der Waals surface area contributed by atoms with E-state index in [0.717, 1.165) is 4.90 Å². The van der Waals surface area contributed by atoms with Crippen LogP contribution in [0.15, 0.2) is 24.3 Å². The second kappa shape index (κ2) is 5.83. The van der Waals surface area contributed by atoms with Crippen molar-refractivity contribution in [3.63, 3.8) is 0 Å². The van der Waals surface area contributed by atoms with E-state index in [0.29, 0.717) is 30.5 Å². The zero-order valence-electron chi connectivity index (χ0n) is 12.7. The van der Waals surface area contributed by atoms with Gasteiger partial charge >= 0.3 is 5.97 Å². The van der Waals surface area contributed by atoms with Crippen molar-refractivity contribution in [3.8, 4) is 0 Å². The van der Waals surface area contributed by atoms with Gasteiger partial charge in [-0.25, -0.2) is 4.79 Å². The second-order valence-corrected chi connectivity index (χ2v) is 5.51. The number of carbonyl (C=O) groups excluding carboxylic acids is 4. The summed E-state index contributed by atoms with van der Waals surface area (Å²) in [7, 11) is 1.27. The molecule has 3 amide bonds. The van der Waals surface area contributed by atoms with Gasteiger partial charge in [0.1, 0.15) is 12.6 Å². The predicted octanol–water partition coefficient (Wildman–Crippen LogP) is 0.447. The summed E-state index contributed by atoms with van der Waals surface area (Å²) in [6, 6.07) is 5.83. The lowest BCUT2D eigenvalue weighted by Gasteiger charge is -2.24. The average molecular weight is 316 g/mol. The summed E-state index contributed by atoms with van der Waals surface area (Å²) in [6.07, 6.45) is 1.22. The van der Waals surface area contributed by atoms with Crippen molar-refractivity contribution in [1.82, 2.24) is 9.80 Å². The van der Waals surface area contributed by atoms with Gasteiger partial charge in [-0.3, -0.25) is 19.3 Å². The lowest BCUT2D eigenvalue weighted by molar-refractivity contribution is -0.150. The van der Waals surface area contributed by atoms with Gasteiger partial charge < -0.3 is 9.64 Å². The van der Waals surface area contributed by atoms with Gasteiger partial charge in [-0.05, 0) is 25.0 Å². The maximum Gasteiger partial charge on any atom is 0.328 e. The van der Waals surface area contributed by atoms with E-state index in [9.17, 15) is 19.2 Å². The number of rotatable bonds is 3. The third-order valence-corrected chi connectivity index (χ3v) is 4.22. The fourth-order valence-electron chi connectivity index (χ4n) is 3.06. The Morgan fingerprint density at radius 2 is 1.78 bits per heavy atom. The summed E-state index contributed by atoms with van der Waals surface area (Å²) in [4.78, 5) is 51.0. The minimum absolute atomic E-state index is 0.302. The molecule has 1 saturated heterocycles. The third kappa shape index (κ3) is 2.48. The number of likely N-dealkylation sites (tertiary alicyclic amines) is 1. The molecule has 2 aliphatic rings. The SMILES string of the molecule is COC(=O)[C@@H]1CCCN1C(=O)CN1C(=O)c2ccccc2C1=O. The first-order valence-corrected chi connectivity index (χ1v) is 7.37. The molecule has 7 nitrogen and oxygen atoms in total. The highest BCUT2D eigenvalue weighted by Crippen LogP contribution is 2.24. The minimum atomic E-state index is -0.636. The van der Waals surface area contributed by atoms with E-state index in [2.05, 4.69) is 0 Å². The van der Waals surface area contributed by atoms with E-state index < -0.39 is 29.7 Å². The molecule has 0 aliphatic carbocycles. The first kappa shape index (κ1) is 15.2. The van der Waals surface area contributed by atoms with Crippen LogP contribution in [-0.2, 0) is 14.3 Å². The van der Waals surface area contributed by atoms with Crippen LogP contribution >= 0.6 is 0 Å². The molecule has 2 heterocycles. The Morgan fingerprint density at radius 3 is 2.35 bits per heavy atom. The van der Waals surface area contributed by atoms with Crippen molar-refractivity contribution in [1.29, 1.82) is 0 Å². The molecule has 7 heteroatoms. The Morgan fingerprint density at radius 1 is 1.17 bits per heavy atom. The molecule has 0 unspecified atom stereocenters. The molecule has 0 bridgehead atoms. The number of esters is 1. The van der Waals surface area contributed by atoms with Gasteiger partial charge in [-0.2, -0.15) is 0 Å². The van der Waals surface area contributed by atoms with Crippen LogP contribution in [0.5, 0.6) is 0 Å². The highest BCUT2D eigenvalue weighted by molar-refractivity contribution is 6.22. The lowest BCUT2D eigenvalue weighted by Crippen LogP contribution is -2.47. The smallest absolute Gasteiger partial charge is 0.328 e. The van der Waals surface area contributed by atoms with Crippen LogP contribution in [-0.4, -0.2) is 59.7 Å². The van der Waals surface area contributed by atoms with Crippen molar-refractivity contribution in [2.24, 2.45) is 0 Å². The van der Waals surface area contributed by atoms with Crippen molar-refractivity contribution >= 4 is 23.7 Å². The lowest BCUT2D eigenvalue weighted by atomic mass is 10.1. The summed E-state index contributed by atoms with van der Waals surface area (Å²) in [6.45, 7) is 0.0572. The molecule has 120 valence electrons. The topological polar surface area (TPSA) is 84.0 Å². The quantitative estimate of drug-likeness (QED) is 0.597. The normalized spacial score (nSPS) is 20.0. The second-order valence-electron chi connectivity index (χ2n) is 5.51. The van der Waals surface area contributed by atoms with Crippen LogP contribution in [0, 0.1) is 0 Å². The molecule has 1 fully saturated rings. The first-order valence-electron chi connectivity index (χ1n) is 7.37. The number of carbonyl (C=O) groups is 4. The Balaban J connectivity index is 1.75. The van der Waals surface area contributed by atoms with Gasteiger partial charge in [0.05, 0.1) is 18.2 Å². The van der Waals surface area contributed by atoms with Gasteiger partial charge in [-0.1, -0.05) is 12.1 Å². The van der Waals surface area contributed by atoms with Gasteiger partial charge in [0, 0.05) is 6.54 Å². The van der Waals surface area contributed by atoms with Crippen molar-refractivity contribution in [2.45, 2.75) is 18.9 Å². The number of imide groups is 1. The molecular formula is C16H16N2O5. The Hall–Kier alpha value is -2.70. The number of hydrogen-bond acceptors (Lipinski definition) is 5. The molecule has 23 heavy (non-hydrogen) atoms. The van der Waals surface area contributed by atoms with E-state index in [1.807, 2.05) is 0 Å². The fraction of sp³-hybridized carbons (Fsp3) is 0.375. The van der Waals surface area contributed by atoms with Gasteiger partial charge in [0.15, 0.2) is 0 Å². The number of ether oxygens (including phenoxy) is 1. The molecule has 0 radical (unpaired) electrons. The number of amides is 3. The summed E-state index contributed by atoms with van der Waals surface area (Å²) in [5, 5.41) is 0. The summed E-state index contributed by atoms with van der Waals surface area (Å²) in [5.74, 6) is -1.86. The van der Waals surface area contributed by atoms with Crippen LogP contribution in [0.3, 0.4) is 0 Å². The molecule has 0 saturated carbocycles. The molecule has 2 aliphatic heterocycles. The van der Waals surface area contributed by atoms with Crippen LogP contribution in [0.1, 0.15) is 33.6 Å². The number of hydrogen-bond donors (Lipinski definition) is 0. The molecule has 0 aromatic heterocycles. The minimum Gasteiger partial charge on any atom is -0.467 e. The number of fused-ring (bicyclic) bond motifs is 1. The summed E-state index contributed by atoms with van der Waals surface area (Å²) < 4.78 is 4.70. The molecule has 1 aromatic rings. The highest BCUT2D eigenvalue weighted by atomic mass is 16.5. The predicted molar refractivity (Wildman–Crippen MR) is 78.6 cm³/mol. The average Bonchev–Trinajstić information content (AvgIpc) is 3.14. The first-order chi connectivity index (χ1) is 11.0. The molecule has 1 aromatic carbocycles. The van der Waals surface area contributed by atoms with Crippen molar-refractivity contribution in [3.05, 3.63) is 35.4 Å². The molecular weight excluding hydrogens is 300 g/mol. The van der Waals surface area contributed by atoms with E-state index in [4.69, 9.17) is 4.74 Å². The third-order valence-electron chi connectivity index (χ3n) is 4.22. The maximum atomic E-state index is 12.4. The summed E-state index contributed by atoms with van der Waals surface area (Å²) in [5.41, 5.74) is 0.604. The number of methoxy groups -OCH3 is 1. The van der Waals surface area contributed by atoms with Gasteiger partial charge in [0.25, 0.3) is 11.8 Å². The fourth-order valence-corrected chi connectivity index (χ4v) is 3.06. The Kier molecular flexibility index (Phi) is 3.85. The summed E-state index contributed by atoms with van der Waals surface area (Å²) >= 11 is 0. The highest BCUT2D eigenvalue weighted by Gasteiger charge is 2.40. The number of benzene rings is 1. The van der Waals surface area contributed by atoms with Crippen LogP contribution in [0.2, 0.25) is 0 Å². The zero-order valence-corrected chi connectivity index (χ0v) is 12.7. The zero-order chi connectivity index (χ0) is 16.6. The monoisotopic (exact) mass is 316 g/mol. The van der Waals surface area contributed by atoms with E-state index in [1.165, 1.54) is 12.0 Å². The van der Waals surface area contributed by atoms with E-state index in [-0.39, 0.29) is 6.54 Å². The Bertz CT molecular complexity index is 664. The van der Waals surface area contributed by atoms with Crippen molar-refractivity contribution in [2.75, 3.05) is 20.2 Å². The van der Waals surface area contributed by atoms with E-state index in [1.54, 1.807) is 24.3 Å². The van der Waals surface area contributed by atoms with Crippen LogP contribution < -0.4 is 0 Å². The van der Waals surface area contributed by atoms with E-state index >= 15 is 0 Å². The maximum absolute atomic E-state index is 12.4. The molecule has 1 atom stereocenters. The Labute approximate surface area is 132 Å². The van der Waals surface area contributed by atoms with Crippen LogP contribution in [0.4, 0.5) is 0 Å². The van der Waals surface area contributed by atoms with Gasteiger partial charge in [-0.15, -0.1) is 0 Å². The largest absolute Gasteiger partial charge is 0.467 e.